The number of carboxylic acid groups (broad SMARTS) is 1. The predicted molar refractivity (Wildman–Crippen MR) is 67.0 cm³/mol. The summed E-state index contributed by atoms with van der Waals surface area (Å²) < 4.78 is 4.63. The number of nitrogens with zero attached hydrogens (tertiary/aromatic N) is 2. The molecule has 104 valence electrons. The summed E-state index contributed by atoms with van der Waals surface area (Å²) in [6.45, 7) is 2.52. The Kier molecular flexibility index (Phi) is 4.19. The topological polar surface area (TPSA) is 83.6 Å². The van der Waals surface area contributed by atoms with Crippen molar-refractivity contribution in [2.24, 2.45) is 0 Å². The molecule has 1 saturated carbocycles. The second-order valence-corrected chi connectivity index (χ2v) is 4.76. The van der Waals surface area contributed by atoms with Crippen LogP contribution in [-0.2, 0) is 0 Å². The zero-order valence-corrected chi connectivity index (χ0v) is 11.0. The van der Waals surface area contributed by atoms with Crippen LogP contribution in [0.2, 0.25) is 0 Å². The van der Waals surface area contributed by atoms with Crippen molar-refractivity contribution in [2.75, 3.05) is 6.54 Å². The molecule has 6 heteroatoms. The van der Waals surface area contributed by atoms with E-state index in [0.717, 1.165) is 25.7 Å². The van der Waals surface area contributed by atoms with Crippen LogP contribution in [0.4, 0.5) is 0 Å². The Bertz CT molecular complexity index is 463. The van der Waals surface area contributed by atoms with Gasteiger partial charge in [-0.25, -0.2) is 4.79 Å². The van der Waals surface area contributed by atoms with Crippen molar-refractivity contribution in [3.63, 3.8) is 0 Å². The van der Waals surface area contributed by atoms with E-state index in [4.69, 9.17) is 5.11 Å². The van der Waals surface area contributed by atoms with Crippen LogP contribution in [0.1, 0.15) is 60.1 Å². The number of hydrogen-bond acceptors (Lipinski definition) is 4. The number of hydrogen-bond donors (Lipinski definition) is 1. The fourth-order valence-corrected chi connectivity index (χ4v) is 2.58. The van der Waals surface area contributed by atoms with Crippen molar-refractivity contribution in [2.45, 2.75) is 45.1 Å². The van der Waals surface area contributed by atoms with Gasteiger partial charge in [-0.3, -0.25) is 4.79 Å². The summed E-state index contributed by atoms with van der Waals surface area (Å²) in [5.74, 6) is -1.76. The van der Waals surface area contributed by atoms with Crippen molar-refractivity contribution in [1.29, 1.82) is 0 Å². The number of amides is 1. The summed E-state index contributed by atoms with van der Waals surface area (Å²) in [5.41, 5.74) is 0.0739. The van der Waals surface area contributed by atoms with Gasteiger partial charge >= 0.3 is 5.97 Å². The molecule has 0 unspecified atom stereocenters. The molecule has 0 atom stereocenters. The van der Waals surface area contributed by atoms with Gasteiger partial charge in [0.15, 0.2) is 5.69 Å². The van der Waals surface area contributed by atoms with Gasteiger partial charge < -0.3 is 14.5 Å². The Morgan fingerprint density at radius 1 is 1.42 bits per heavy atom. The molecule has 1 aliphatic carbocycles. The lowest BCUT2D eigenvalue weighted by molar-refractivity contribution is 0.0624. The minimum atomic E-state index is -1.22. The van der Waals surface area contributed by atoms with Crippen LogP contribution in [0.25, 0.3) is 0 Å². The Morgan fingerprint density at radius 3 is 2.63 bits per heavy atom. The molecule has 0 spiro atoms. The first-order valence-corrected chi connectivity index (χ1v) is 6.64. The van der Waals surface area contributed by atoms with E-state index in [0.29, 0.717) is 6.54 Å². The second-order valence-electron chi connectivity index (χ2n) is 4.76. The van der Waals surface area contributed by atoms with Crippen LogP contribution in [-0.4, -0.2) is 39.6 Å². The molecule has 1 N–H and O–H groups in total. The monoisotopic (exact) mass is 266 g/mol. The number of carboxylic acids is 1. The van der Waals surface area contributed by atoms with Crippen molar-refractivity contribution < 1.29 is 19.2 Å². The highest BCUT2D eigenvalue weighted by Gasteiger charge is 2.27. The summed E-state index contributed by atoms with van der Waals surface area (Å²) >= 11 is 0. The van der Waals surface area contributed by atoms with E-state index in [1.54, 1.807) is 4.90 Å². The molecule has 0 aromatic carbocycles. The Hall–Kier alpha value is -1.85. The molecule has 1 fully saturated rings. The summed E-state index contributed by atoms with van der Waals surface area (Å²) in [5, 5.41) is 12.3. The summed E-state index contributed by atoms with van der Waals surface area (Å²) in [6.07, 6.45) is 5.49. The zero-order chi connectivity index (χ0) is 13.8. The lowest BCUT2D eigenvalue weighted by Crippen LogP contribution is -2.41. The van der Waals surface area contributed by atoms with E-state index in [1.807, 2.05) is 6.92 Å². The van der Waals surface area contributed by atoms with Gasteiger partial charge in [0.05, 0.1) is 0 Å². The van der Waals surface area contributed by atoms with Crippen LogP contribution < -0.4 is 0 Å². The molecule has 1 aromatic rings. The number of aromatic nitrogens is 1. The minimum Gasteiger partial charge on any atom is -0.475 e. The van der Waals surface area contributed by atoms with E-state index in [2.05, 4.69) is 9.68 Å². The third kappa shape index (κ3) is 2.94. The van der Waals surface area contributed by atoms with Crippen LogP contribution >= 0.6 is 0 Å². The van der Waals surface area contributed by atoms with Gasteiger partial charge in [-0.15, -0.1) is 0 Å². The van der Waals surface area contributed by atoms with Gasteiger partial charge in [0.25, 0.3) is 5.91 Å². The van der Waals surface area contributed by atoms with E-state index in [-0.39, 0.29) is 23.4 Å². The Balaban J connectivity index is 2.12. The van der Waals surface area contributed by atoms with Crippen LogP contribution in [0.5, 0.6) is 0 Å². The fraction of sp³-hybridized carbons (Fsp3) is 0.615. The third-order valence-electron chi connectivity index (χ3n) is 3.56. The number of aromatic carboxylic acids is 1. The van der Waals surface area contributed by atoms with E-state index in [9.17, 15) is 9.59 Å². The van der Waals surface area contributed by atoms with E-state index < -0.39 is 5.97 Å². The van der Waals surface area contributed by atoms with E-state index >= 15 is 0 Å². The van der Waals surface area contributed by atoms with Crippen LogP contribution in [0, 0.1) is 0 Å². The number of carbonyl (C=O) groups is 2. The van der Waals surface area contributed by atoms with Crippen LogP contribution in [0.3, 0.4) is 0 Å². The maximum Gasteiger partial charge on any atom is 0.374 e. The predicted octanol–water partition coefficient (Wildman–Crippen LogP) is 2.17. The molecule has 1 aliphatic rings. The Labute approximate surface area is 111 Å². The first kappa shape index (κ1) is 13.6. The summed E-state index contributed by atoms with van der Waals surface area (Å²) in [6, 6.07) is 1.42. The maximum absolute atomic E-state index is 12.3. The molecule has 1 aromatic heterocycles. The SMILES string of the molecule is CCN(C(=O)c1cc(C(=O)O)on1)C1CCCCC1. The molecule has 0 bridgehead atoms. The highest BCUT2D eigenvalue weighted by atomic mass is 16.5. The molecule has 0 saturated heterocycles. The van der Waals surface area contributed by atoms with Crippen molar-refractivity contribution >= 4 is 11.9 Å². The van der Waals surface area contributed by atoms with Gasteiger partial charge in [0.1, 0.15) is 0 Å². The molecule has 0 aliphatic heterocycles. The molecule has 1 amide bonds. The second kappa shape index (κ2) is 5.86. The average molecular weight is 266 g/mol. The summed E-state index contributed by atoms with van der Waals surface area (Å²) in [4.78, 5) is 24.8. The van der Waals surface area contributed by atoms with Gasteiger partial charge in [0, 0.05) is 18.7 Å². The highest BCUT2D eigenvalue weighted by Crippen LogP contribution is 2.23. The maximum atomic E-state index is 12.3. The molecule has 2 rings (SSSR count). The minimum absolute atomic E-state index is 0.0739. The quantitative estimate of drug-likeness (QED) is 0.902. The Morgan fingerprint density at radius 2 is 2.11 bits per heavy atom. The standard InChI is InChI=1S/C13H18N2O4/c1-2-15(9-6-4-3-5-7-9)12(16)10-8-11(13(17)18)19-14-10/h8-9H,2-7H2,1H3,(H,17,18). The lowest BCUT2D eigenvalue weighted by atomic mass is 9.94. The van der Waals surface area contributed by atoms with Crippen molar-refractivity contribution in [3.05, 3.63) is 17.5 Å². The number of rotatable bonds is 4. The molecule has 0 radical (unpaired) electrons. The van der Waals surface area contributed by atoms with Crippen molar-refractivity contribution in [1.82, 2.24) is 10.1 Å². The van der Waals surface area contributed by atoms with Crippen LogP contribution in [0.15, 0.2) is 10.6 Å². The van der Waals surface area contributed by atoms with Gasteiger partial charge in [-0.1, -0.05) is 24.4 Å². The van der Waals surface area contributed by atoms with Crippen molar-refractivity contribution in [3.8, 4) is 0 Å². The molecule has 1 heterocycles. The molecular formula is C13H18N2O4. The normalized spacial score (nSPS) is 16.3. The first-order valence-electron chi connectivity index (χ1n) is 6.64. The largest absolute Gasteiger partial charge is 0.475 e. The van der Waals surface area contributed by atoms with Gasteiger partial charge in [-0.05, 0) is 19.8 Å². The third-order valence-corrected chi connectivity index (χ3v) is 3.56. The lowest BCUT2D eigenvalue weighted by Gasteiger charge is -2.32. The molecule has 19 heavy (non-hydrogen) atoms. The fourth-order valence-electron chi connectivity index (χ4n) is 2.58. The first-order chi connectivity index (χ1) is 9.13. The van der Waals surface area contributed by atoms with E-state index in [1.165, 1.54) is 12.5 Å². The molecular weight excluding hydrogens is 248 g/mol. The zero-order valence-electron chi connectivity index (χ0n) is 11.0. The average Bonchev–Trinajstić information content (AvgIpc) is 2.90. The highest BCUT2D eigenvalue weighted by molar-refractivity contribution is 5.95. The van der Waals surface area contributed by atoms with Gasteiger partial charge in [0.2, 0.25) is 5.76 Å². The number of carbonyl (C=O) groups excluding carboxylic acids is 1. The molecule has 6 nitrogen and oxygen atoms in total. The smallest absolute Gasteiger partial charge is 0.374 e. The summed E-state index contributed by atoms with van der Waals surface area (Å²) in [7, 11) is 0. The van der Waals surface area contributed by atoms with Gasteiger partial charge in [-0.2, -0.15) is 0 Å².